The number of epoxide rings is 1. The fourth-order valence-corrected chi connectivity index (χ4v) is 1.49. The molecule has 0 saturated carbocycles. The van der Waals surface area contributed by atoms with Crippen LogP contribution in [0.1, 0.15) is 23.9 Å². The summed E-state index contributed by atoms with van der Waals surface area (Å²) >= 11 is 0. The number of amides is 1. The molecule has 0 aromatic carbocycles. The van der Waals surface area contributed by atoms with Crippen LogP contribution in [0.3, 0.4) is 0 Å². The maximum Gasteiger partial charge on any atom is 0.252 e. The minimum Gasteiger partial charge on any atom is -0.361 e. The molecule has 2 rings (SSSR count). The van der Waals surface area contributed by atoms with Crippen molar-refractivity contribution in [1.82, 2.24) is 10.5 Å². The highest BCUT2D eigenvalue weighted by Gasteiger charge is 2.40. The smallest absolute Gasteiger partial charge is 0.252 e. The fourth-order valence-electron chi connectivity index (χ4n) is 1.49. The molecule has 15 heavy (non-hydrogen) atoms. The number of aryl methyl sites for hydroxylation is 2. The van der Waals surface area contributed by atoms with Crippen LogP contribution in [-0.4, -0.2) is 23.3 Å². The van der Waals surface area contributed by atoms with Gasteiger partial charge in [-0.15, -0.1) is 0 Å². The van der Waals surface area contributed by atoms with E-state index in [0.717, 1.165) is 17.0 Å². The second-order valence-corrected chi connectivity index (χ2v) is 3.78. The van der Waals surface area contributed by atoms with E-state index in [1.54, 1.807) is 0 Å². The molecule has 2 heterocycles. The normalized spacial score (nSPS) is 23.9. The molecule has 2 atom stereocenters. The minimum absolute atomic E-state index is 0.0506. The van der Waals surface area contributed by atoms with Crippen molar-refractivity contribution in [3.05, 3.63) is 17.0 Å². The maximum atomic E-state index is 11.4. The molecule has 0 bridgehead atoms. The summed E-state index contributed by atoms with van der Waals surface area (Å²) in [4.78, 5) is 11.4. The van der Waals surface area contributed by atoms with Crippen molar-refractivity contribution in [3.63, 3.8) is 0 Å². The molecule has 82 valence electrons. The van der Waals surface area contributed by atoms with E-state index >= 15 is 0 Å². The highest BCUT2D eigenvalue weighted by molar-refractivity contribution is 5.83. The van der Waals surface area contributed by atoms with E-state index in [2.05, 4.69) is 10.5 Å². The van der Waals surface area contributed by atoms with Crippen LogP contribution in [-0.2, 0) is 16.1 Å². The van der Waals surface area contributed by atoms with Gasteiger partial charge in [-0.2, -0.15) is 0 Å². The SMILES string of the molecule is Cc1noc(C)c1CNC(=O)[C@@H]1O[C@H]1C. The topological polar surface area (TPSA) is 67.7 Å². The summed E-state index contributed by atoms with van der Waals surface area (Å²) in [6.45, 7) is 6.01. The van der Waals surface area contributed by atoms with Gasteiger partial charge in [0.25, 0.3) is 5.91 Å². The van der Waals surface area contributed by atoms with Gasteiger partial charge in [0.1, 0.15) is 5.76 Å². The highest BCUT2D eigenvalue weighted by Crippen LogP contribution is 2.21. The lowest BCUT2D eigenvalue weighted by Gasteiger charge is -2.01. The van der Waals surface area contributed by atoms with E-state index < -0.39 is 0 Å². The van der Waals surface area contributed by atoms with Crippen LogP contribution in [0.5, 0.6) is 0 Å². The Balaban J connectivity index is 1.90. The first-order valence-electron chi connectivity index (χ1n) is 4.94. The monoisotopic (exact) mass is 210 g/mol. The molecule has 5 nitrogen and oxygen atoms in total. The Hall–Kier alpha value is -1.36. The summed E-state index contributed by atoms with van der Waals surface area (Å²) in [6.07, 6.45) is -0.222. The molecule has 1 saturated heterocycles. The Morgan fingerprint density at radius 2 is 2.20 bits per heavy atom. The van der Waals surface area contributed by atoms with Crippen molar-refractivity contribution >= 4 is 5.91 Å². The molecule has 1 amide bonds. The molecule has 1 N–H and O–H groups in total. The number of hydrogen-bond acceptors (Lipinski definition) is 4. The summed E-state index contributed by atoms with van der Waals surface area (Å²) in [5, 5.41) is 6.61. The average molecular weight is 210 g/mol. The summed E-state index contributed by atoms with van der Waals surface area (Å²) in [5.74, 6) is 0.681. The second kappa shape index (κ2) is 3.66. The van der Waals surface area contributed by atoms with Crippen LogP contribution in [0.15, 0.2) is 4.52 Å². The van der Waals surface area contributed by atoms with Crippen molar-refractivity contribution in [2.75, 3.05) is 0 Å². The zero-order chi connectivity index (χ0) is 11.0. The molecule has 1 aromatic rings. The van der Waals surface area contributed by atoms with Gasteiger partial charge in [0.05, 0.1) is 11.8 Å². The predicted molar refractivity (Wildman–Crippen MR) is 52.2 cm³/mol. The van der Waals surface area contributed by atoms with Gasteiger partial charge in [-0.1, -0.05) is 5.16 Å². The lowest BCUT2D eigenvalue weighted by Crippen LogP contribution is -2.28. The Morgan fingerprint density at radius 1 is 1.53 bits per heavy atom. The first-order valence-corrected chi connectivity index (χ1v) is 4.94. The van der Waals surface area contributed by atoms with Crippen molar-refractivity contribution in [2.45, 2.75) is 39.5 Å². The summed E-state index contributed by atoms with van der Waals surface area (Å²) in [6, 6.07) is 0. The predicted octanol–water partition coefficient (Wildman–Crippen LogP) is 0.695. The van der Waals surface area contributed by atoms with Crippen molar-refractivity contribution < 1.29 is 14.1 Å². The zero-order valence-electron chi connectivity index (χ0n) is 9.03. The fraction of sp³-hybridized carbons (Fsp3) is 0.600. The van der Waals surface area contributed by atoms with Crippen LogP contribution < -0.4 is 5.32 Å². The number of carbonyl (C=O) groups is 1. The molecule has 0 radical (unpaired) electrons. The highest BCUT2D eigenvalue weighted by atomic mass is 16.6. The quantitative estimate of drug-likeness (QED) is 0.745. The van der Waals surface area contributed by atoms with Crippen LogP contribution in [0.25, 0.3) is 0 Å². The third-order valence-electron chi connectivity index (χ3n) is 2.59. The van der Waals surface area contributed by atoms with E-state index in [-0.39, 0.29) is 18.1 Å². The number of carbonyl (C=O) groups excluding carboxylic acids is 1. The first kappa shape index (κ1) is 10.2. The second-order valence-electron chi connectivity index (χ2n) is 3.78. The van der Waals surface area contributed by atoms with Gasteiger partial charge in [-0.25, -0.2) is 0 Å². The Bertz CT molecular complexity index is 367. The first-order chi connectivity index (χ1) is 7.09. The number of rotatable bonds is 3. The van der Waals surface area contributed by atoms with Crippen LogP contribution in [0, 0.1) is 13.8 Å². The molecule has 0 aliphatic carbocycles. The van der Waals surface area contributed by atoms with Gasteiger partial charge in [0.15, 0.2) is 6.10 Å². The van der Waals surface area contributed by atoms with Gasteiger partial charge in [0.2, 0.25) is 0 Å². The van der Waals surface area contributed by atoms with Gasteiger partial charge in [-0.3, -0.25) is 4.79 Å². The lowest BCUT2D eigenvalue weighted by atomic mass is 10.2. The van der Waals surface area contributed by atoms with E-state index in [9.17, 15) is 4.79 Å². The Kier molecular flexibility index (Phi) is 2.48. The van der Waals surface area contributed by atoms with Crippen molar-refractivity contribution in [3.8, 4) is 0 Å². The minimum atomic E-state index is -0.273. The van der Waals surface area contributed by atoms with Crippen molar-refractivity contribution in [1.29, 1.82) is 0 Å². The summed E-state index contributed by atoms with van der Waals surface area (Å²) < 4.78 is 10.1. The standard InChI is InChI=1S/C10H14N2O3/c1-5-8(6(2)15-12-5)4-11-10(13)9-7(3)14-9/h7,9H,4H2,1-3H3,(H,11,13)/t7-,9+/m0/s1. The summed E-state index contributed by atoms with van der Waals surface area (Å²) in [7, 11) is 0. The molecular formula is C10H14N2O3. The molecule has 1 aliphatic heterocycles. The summed E-state index contributed by atoms with van der Waals surface area (Å²) in [5.41, 5.74) is 1.76. The van der Waals surface area contributed by atoms with Gasteiger partial charge in [-0.05, 0) is 20.8 Å². The lowest BCUT2D eigenvalue weighted by molar-refractivity contribution is -0.122. The maximum absolute atomic E-state index is 11.4. The van der Waals surface area contributed by atoms with Crippen LogP contribution >= 0.6 is 0 Å². The van der Waals surface area contributed by atoms with Crippen LogP contribution in [0.2, 0.25) is 0 Å². The number of nitrogens with zero attached hydrogens (tertiary/aromatic N) is 1. The van der Waals surface area contributed by atoms with Gasteiger partial charge < -0.3 is 14.6 Å². The van der Waals surface area contributed by atoms with Crippen LogP contribution in [0.4, 0.5) is 0 Å². The zero-order valence-corrected chi connectivity index (χ0v) is 9.03. The molecular weight excluding hydrogens is 196 g/mol. The van der Waals surface area contributed by atoms with Gasteiger partial charge >= 0.3 is 0 Å². The number of ether oxygens (including phenoxy) is 1. The van der Waals surface area contributed by atoms with E-state index in [1.165, 1.54) is 0 Å². The van der Waals surface area contributed by atoms with Gasteiger partial charge in [0, 0.05) is 12.1 Å². The van der Waals surface area contributed by atoms with Crippen molar-refractivity contribution in [2.24, 2.45) is 0 Å². The average Bonchev–Trinajstić information content (AvgIpc) is 2.84. The largest absolute Gasteiger partial charge is 0.361 e. The molecule has 0 unspecified atom stereocenters. The Labute approximate surface area is 87.8 Å². The molecule has 1 aromatic heterocycles. The third-order valence-corrected chi connectivity index (χ3v) is 2.59. The van der Waals surface area contributed by atoms with E-state index in [1.807, 2.05) is 20.8 Å². The molecule has 0 spiro atoms. The third kappa shape index (κ3) is 2.02. The molecule has 5 heteroatoms. The number of aromatic nitrogens is 1. The number of hydrogen-bond donors (Lipinski definition) is 1. The molecule has 1 aliphatic rings. The molecule has 1 fully saturated rings. The van der Waals surface area contributed by atoms with E-state index in [4.69, 9.17) is 9.26 Å². The Morgan fingerprint density at radius 3 is 2.67 bits per heavy atom. The van der Waals surface area contributed by atoms with E-state index in [0.29, 0.717) is 6.54 Å². The number of nitrogens with one attached hydrogen (secondary N) is 1.